The summed E-state index contributed by atoms with van der Waals surface area (Å²) in [5.41, 5.74) is 10.1. The van der Waals surface area contributed by atoms with Crippen LogP contribution in [0.2, 0.25) is 0 Å². The highest BCUT2D eigenvalue weighted by Crippen LogP contribution is 2.36. The van der Waals surface area contributed by atoms with Gasteiger partial charge in [0.05, 0.1) is 22.4 Å². The van der Waals surface area contributed by atoms with Crippen LogP contribution in [-0.4, -0.2) is 47.8 Å². The van der Waals surface area contributed by atoms with Gasteiger partial charge in [0.25, 0.3) is 11.1 Å². The Morgan fingerprint density at radius 3 is 1.53 bits per heavy atom. The zero-order valence-electron chi connectivity index (χ0n) is 31.7. The van der Waals surface area contributed by atoms with Gasteiger partial charge in [0.2, 0.25) is 0 Å². The van der Waals surface area contributed by atoms with Gasteiger partial charge in [-0.15, -0.1) is 22.7 Å². The summed E-state index contributed by atoms with van der Waals surface area (Å²) >= 11 is 6.31. The van der Waals surface area contributed by atoms with E-state index >= 15 is 0 Å². The number of aromatic nitrogens is 2. The number of nitrogen functional groups attached to an aromatic ring is 1. The van der Waals surface area contributed by atoms with Gasteiger partial charge in [0, 0.05) is 22.5 Å². The van der Waals surface area contributed by atoms with Crippen LogP contribution in [0.4, 0.5) is 37.7 Å². The van der Waals surface area contributed by atoms with Crippen molar-refractivity contribution in [2.75, 3.05) is 25.3 Å². The molecule has 2 heterocycles. The predicted octanol–water partition coefficient (Wildman–Crippen LogP) is 8.14. The van der Waals surface area contributed by atoms with Gasteiger partial charge in [-0.1, -0.05) is 95.2 Å². The molecule has 0 radical (unpaired) electrons. The number of halogens is 8. The van der Waals surface area contributed by atoms with E-state index in [1.807, 2.05) is 72.8 Å². The molecule has 0 spiro atoms. The first kappa shape index (κ1) is 48.5. The lowest BCUT2D eigenvalue weighted by Gasteiger charge is -2.12. The number of carbonyl (C=O) groups is 2. The van der Waals surface area contributed by atoms with Gasteiger partial charge in [-0.3, -0.25) is 9.59 Å². The molecule has 3 N–H and O–H groups in total. The number of amides is 1. The fourth-order valence-corrected chi connectivity index (χ4v) is 6.84. The molecule has 10 nitrogen and oxygen atoms in total. The molecule has 6 rings (SSSR count). The lowest BCUT2D eigenvalue weighted by atomic mass is 10.0. The van der Waals surface area contributed by atoms with E-state index in [0.29, 0.717) is 33.9 Å². The van der Waals surface area contributed by atoms with Crippen molar-refractivity contribution in [2.24, 2.45) is 10.3 Å². The van der Waals surface area contributed by atoms with Crippen LogP contribution in [0.5, 0.6) is 0 Å². The van der Waals surface area contributed by atoms with Crippen molar-refractivity contribution in [2.45, 2.75) is 26.2 Å². The molecule has 0 aliphatic heterocycles. The summed E-state index contributed by atoms with van der Waals surface area (Å²) in [4.78, 5) is 38.1. The average Bonchev–Trinajstić information content (AvgIpc) is 3.81. The van der Waals surface area contributed by atoms with E-state index < -0.39 is 44.6 Å². The van der Waals surface area contributed by atoms with Crippen LogP contribution >= 0.6 is 34.3 Å². The van der Waals surface area contributed by atoms with Gasteiger partial charge in [0.15, 0.2) is 11.4 Å². The number of hydrogen-bond acceptors (Lipinski definition) is 11. The van der Waals surface area contributed by atoms with Gasteiger partial charge in [-0.05, 0) is 59.8 Å². The first-order valence-electron chi connectivity index (χ1n) is 16.8. The number of para-hydroxylation sites is 2. The SMILES string of the molecule is CO/N=C/c1ccc(-c2ccccc2N)cc1.CO/N=C/c1ccc(-c2ccccc2NC(=O)c2sc(C)nc2C(F)(F)F)cc1.Cc1nc(C(F)(F)F)c(C(=O)Cl)s1.[Cl-]. The molecule has 20 heteroatoms. The second-order valence-electron chi connectivity index (χ2n) is 11.8. The summed E-state index contributed by atoms with van der Waals surface area (Å²) in [5.74, 6) is -0.848. The second-order valence-corrected chi connectivity index (χ2v) is 14.5. The molecule has 0 atom stereocenters. The molecule has 0 aliphatic rings. The van der Waals surface area contributed by atoms with E-state index in [2.05, 4.69) is 35.3 Å². The zero-order valence-corrected chi connectivity index (χ0v) is 34.9. The number of nitrogens with zero attached hydrogens (tertiary/aromatic N) is 4. The van der Waals surface area contributed by atoms with Crippen LogP contribution in [0.3, 0.4) is 0 Å². The fraction of sp³-hybridized carbons (Fsp3) is 0.150. The molecule has 60 heavy (non-hydrogen) atoms. The summed E-state index contributed by atoms with van der Waals surface area (Å²) in [6, 6.07) is 29.9. The number of carbonyl (C=O) groups excluding carboxylic acids is 2. The Balaban J connectivity index is 0.000000263. The maximum absolute atomic E-state index is 13.2. The molecule has 4 aromatic carbocycles. The van der Waals surface area contributed by atoms with Gasteiger partial charge in [-0.25, -0.2) is 9.97 Å². The van der Waals surface area contributed by atoms with Crippen LogP contribution in [0, 0.1) is 13.8 Å². The zero-order chi connectivity index (χ0) is 43.3. The molecule has 6 aromatic rings. The third-order valence-electron chi connectivity index (χ3n) is 7.58. The van der Waals surface area contributed by atoms with Gasteiger partial charge in [0.1, 0.15) is 24.0 Å². The van der Waals surface area contributed by atoms with Crippen LogP contribution in [0.15, 0.2) is 107 Å². The number of oxime groups is 2. The third-order valence-corrected chi connectivity index (χ3v) is 9.82. The molecular weight excluding hydrogens is 878 g/mol. The monoisotopic (exact) mass is 909 g/mol. The molecule has 0 fully saturated rings. The van der Waals surface area contributed by atoms with Crippen molar-refractivity contribution in [3.63, 3.8) is 0 Å². The van der Waals surface area contributed by atoms with Crippen molar-refractivity contribution >= 4 is 69.2 Å². The van der Waals surface area contributed by atoms with Crippen molar-refractivity contribution in [3.8, 4) is 22.3 Å². The van der Waals surface area contributed by atoms with E-state index in [1.165, 1.54) is 28.1 Å². The predicted molar refractivity (Wildman–Crippen MR) is 219 cm³/mol. The smallest absolute Gasteiger partial charge is 0.435 e. The Bertz CT molecular complexity index is 2420. The number of hydrogen-bond donors (Lipinski definition) is 2. The summed E-state index contributed by atoms with van der Waals surface area (Å²) < 4.78 is 76.0. The Kier molecular flexibility index (Phi) is 17.8. The minimum Gasteiger partial charge on any atom is -1.00 e. The van der Waals surface area contributed by atoms with Gasteiger partial charge >= 0.3 is 12.4 Å². The van der Waals surface area contributed by atoms with Crippen molar-refractivity contribution in [1.29, 1.82) is 0 Å². The number of benzene rings is 4. The molecular formula is C40H33Cl2F6N6O4S2-. The Morgan fingerprint density at radius 1 is 0.683 bits per heavy atom. The van der Waals surface area contributed by atoms with Crippen molar-refractivity contribution in [3.05, 3.63) is 139 Å². The quantitative estimate of drug-likeness (QED) is 0.0491. The van der Waals surface area contributed by atoms with Crippen LogP contribution in [0.25, 0.3) is 22.3 Å². The van der Waals surface area contributed by atoms with Gasteiger partial charge in [-0.2, -0.15) is 26.3 Å². The minimum atomic E-state index is -4.70. The van der Waals surface area contributed by atoms with Crippen molar-refractivity contribution in [1.82, 2.24) is 9.97 Å². The summed E-state index contributed by atoms with van der Waals surface area (Å²) in [7, 11) is 2.97. The maximum atomic E-state index is 13.2. The lowest BCUT2D eigenvalue weighted by Crippen LogP contribution is -3.00. The number of alkyl halides is 6. The minimum absolute atomic E-state index is 0. The van der Waals surface area contributed by atoms with E-state index in [1.54, 1.807) is 36.7 Å². The van der Waals surface area contributed by atoms with E-state index in [-0.39, 0.29) is 22.4 Å². The highest BCUT2D eigenvalue weighted by atomic mass is 35.5. The average molecular weight is 911 g/mol. The van der Waals surface area contributed by atoms with Gasteiger partial charge < -0.3 is 33.1 Å². The molecule has 0 unspecified atom stereocenters. The highest BCUT2D eigenvalue weighted by molar-refractivity contribution is 7.15. The Morgan fingerprint density at radius 2 is 1.10 bits per heavy atom. The fourth-order valence-electron chi connectivity index (χ4n) is 5.03. The Hall–Kier alpha value is -5.82. The van der Waals surface area contributed by atoms with Crippen LogP contribution in [0.1, 0.15) is 51.9 Å². The van der Waals surface area contributed by atoms with Crippen LogP contribution in [-0.2, 0) is 22.0 Å². The number of nitrogens with two attached hydrogens (primary N) is 1. The number of aryl methyl sites for hydroxylation is 2. The summed E-state index contributed by atoms with van der Waals surface area (Å²) in [5, 5.41) is 9.19. The molecule has 0 saturated heterocycles. The van der Waals surface area contributed by atoms with E-state index in [4.69, 9.17) is 17.3 Å². The number of rotatable bonds is 9. The maximum Gasteiger partial charge on any atom is 0.435 e. The number of anilines is 2. The van der Waals surface area contributed by atoms with E-state index in [0.717, 1.165) is 33.5 Å². The third kappa shape index (κ3) is 13.6. The molecule has 2 aromatic heterocycles. The first-order chi connectivity index (χ1) is 27.9. The Labute approximate surface area is 359 Å². The van der Waals surface area contributed by atoms with E-state index in [9.17, 15) is 35.9 Å². The topological polar surface area (TPSA) is 141 Å². The summed E-state index contributed by atoms with van der Waals surface area (Å²) in [6.07, 6.45) is -6.11. The molecule has 316 valence electrons. The second kappa shape index (κ2) is 22.0. The molecule has 1 amide bonds. The first-order valence-corrected chi connectivity index (χ1v) is 18.8. The standard InChI is InChI=1S/C20H16F3N3O2S.C14H14N2O.C6H3ClF3NOS.ClH/c1-12-25-18(20(21,22)23)17(29-12)19(27)26-16-6-4-3-5-15(16)14-9-7-13(8-10-14)11-24-28-2;1-17-16-10-11-6-8-12(9-7-11)13-4-2-3-5-14(13)15;1-2-11-4(6(8,9)10)3(13-2)5(7)12;/h3-11H,1-2H3,(H,26,27);2-10H,15H2,1H3;1H3;1H/p-1/b24-11+;16-10+;;. The summed E-state index contributed by atoms with van der Waals surface area (Å²) in [6.45, 7) is 2.81. The normalized spacial score (nSPS) is 11.2. The number of nitrogens with one attached hydrogen (secondary N) is 1. The number of thiazole rings is 2. The lowest BCUT2D eigenvalue weighted by molar-refractivity contribution is -0.141. The largest absolute Gasteiger partial charge is 1.00 e. The molecule has 0 saturated carbocycles. The molecule has 0 aliphatic carbocycles. The van der Waals surface area contributed by atoms with Crippen molar-refractivity contribution < 1.29 is 58.0 Å². The van der Waals surface area contributed by atoms with Crippen LogP contribution < -0.4 is 23.5 Å². The highest BCUT2D eigenvalue weighted by Gasteiger charge is 2.40. The molecule has 0 bridgehead atoms.